The van der Waals surface area contributed by atoms with E-state index < -0.39 is 17.9 Å². The number of aliphatic hydroxyl groups is 1. The summed E-state index contributed by atoms with van der Waals surface area (Å²) in [5.74, 6) is -1.34. The Morgan fingerprint density at radius 3 is 2.93 bits per heavy atom. The van der Waals surface area contributed by atoms with Crippen LogP contribution in [0, 0.1) is 0 Å². The number of nitrogens with two attached hydrogens (primary N) is 1. The molecule has 0 aliphatic heterocycles. The van der Waals surface area contributed by atoms with Crippen LogP contribution in [-0.4, -0.2) is 39.5 Å². The SMILES string of the molecule is NC(=O)C(O)CNC(=O)c1cnc[nH]1. The van der Waals surface area contributed by atoms with Gasteiger partial charge in [0.05, 0.1) is 19.1 Å². The topological polar surface area (TPSA) is 121 Å². The first-order valence-electron chi connectivity index (χ1n) is 3.85. The third-order valence-electron chi connectivity index (χ3n) is 1.53. The summed E-state index contributed by atoms with van der Waals surface area (Å²) in [7, 11) is 0. The molecule has 14 heavy (non-hydrogen) atoms. The van der Waals surface area contributed by atoms with E-state index in [0.717, 1.165) is 0 Å². The monoisotopic (exact) mass is 198 g/mol. The Labute approximate surface area is 79.3 Å². The van der Waals surface area contributed by atoms with Crippen molar-refractivity contribution in [2.24, 2.45) is 5.73 Å². The molecule has 0 saturated carbocycles. The predicted octanol–water partition coefficient (Wildman–Crippen LogP) is -2.01. The number of primary amides is 1. The van der Waals surface area contributed by atoms with E-state index in [-0.39, 0.29) is 12.2 Å². The van der Waals surface area contributed by atoms with E-state index >= 15 is 0 Å². The number of aromatic nitrogens is 2. The predicted molar refractivity (Wildman–Crippen MR) is 46.1 cm³/mol. The average Bonchev–Trinajstić information content (AvgIpc) is 2.66. The van der Waals surface area contributed by atoms with Crippen molar-refractivity contribution >= 4 is 11.8 Å². The van der Waals surface area contributed by atoms with Crippen molar-refractivity contribution in [1.82, 2.24) is 15.3 Å². The molecule has 5 N–H and O–H groups in total. The molecule has 0 bridgehead atoms. The number of imidazole rings is 1. The van der Waals surface area contributed by atoms with Gasteiger partial charge in [-0.15, -0.1) is 0 Å². The highest BCUT2D eigenvalue weighted by atomic mass is 16.3. The Hall–Kier alpha value is -1.89. The van der Waals surface area contributed by atoms with Crippen LogP contribution in [0.15, 0.2) is 12.5 Å². The molecule has 0 aromatic carbocycles. The minimum absolute atomic E-state index is 0.215. The molecule has 1 aromatic rings. The van der Waals surface area contributed by atoms with Gasteiger partial charge in [0.1, 0.15) is 11.8 Å². The normalized spacial score (nSPS) is 12.1. The van der Waals surface area contributed by atoms with Crippen molar-refractivity contribution in [2.45, 2.75) is 6.10 Å². The summed E-state index contributed by atoms with van der Waals surface area (Å²) in [6, 6.07) is 0. The lowest BCUT2D eigenvalue weighted by Crippen LogP contribution is -2.40. The highest BCUT2D eigenvalue weighted by Crippen LogP contribution is 1.90. The minimum Gasteiger partial charge on any atom is -0.381 e. The first-order valence-corrected chi connectivity index (χ1v) is 3.85. The average molecular weight is 198 g/mol. The van der Waals surface area contributed by atoms with Crippen LogP contribution < -0.4 is 11.1 Å². The number of aromatic amines is 1. The summed E-state index contributed by atoms with van der Waals surface area (Å²) in [6.07, 6.45) is 1.30. The van der Waals surface area contributed by atoms with Gasteiger partial charge in [-0.1, -0.05) is 0 Å². The van der Waals surface area contributed by atoms with Crippen molar-refractivity contribution in [3.05, 3.63) is 18.2 Å². The van der Waals surface area contributed by atoms with Crippen LogP contribution in [0.1, 0.15) is 10.5 Å². The molecule has 1 unspecified atom stereocenters. The molecule has 7 nitrogen and oxygen atoms in total. The summed E-state index contributed by atoms with van der Waals surface area (Å²) in [5, 5.41) is 11.3. The quantitative estimate of drug-likeness (QED) is 0.446. The fraction of sp³-hybridized carbons (Fsp3) is 0.286. The maximum Gasteiger partial charge on any atom is 0.269 e. The lowest BCUT2D eigenvalue weighted by molar-refractivity contribution is -0.125. The highest BCUT2D eigenvalue weighted by molar-refractivity contribution is 5.92. The number of nitrogens with zero attached hydrogens (tertiary/aromatic N) is 1. The van der Waals surface area contributed by atoms with Crippen LogP contribution in [0.5, 0.6) is 0 Å². The Morgan fingerprint density at radius 2 is 2.43 bits per heavy atom. The van der Waals surface area contributed by atoms with Gasteiger partial charge in [0.2, 0.25) is 5.91 Å². The maximum atomic E-state index is 11.2. The number of nitrogens with one attached hydrogen (secondary N) is 2. The zero-order valence-electron chi connectivity index (χ0n) is 7.23. The molecule has 76 valence electrons. The largest absolute Gasteiger partial charge is 0.381 e. The maximum absolute atomic E-state index is 11.2. The molecule has 1 heterocycles. The number of hydrogen-bond acceptors (Lipinski definition) is 4. The second-order valence-corrected chi connectivity index (χ2v) is 2.59. The number of hydrogen-bond donors (Lipinski definition) is 4. The summed E-state index contributed by atoms with van der Waals surface area (Å²) in [5.41, 5.74) is 5.03. The first kappa shape index (κ1) is 10.2. The zero-order chi connectivity index (χ0) is 10.6. The molecule has 1 atom stereocenters. The Kier molecular flexibility index (Phi) is 3.19. The van der Waals surface area contributed by atoms with E-state index in [4.69, 9.17) is 10.8 Å². The second-order valence-electron chi connectivity index (χ2n) is 2.59. The van der Waals surface area contributed by atoms with Crippen molar-refractivity contribution in [3.63, 3.8) is 0 Å². The van der Waals surface area contributed by atoms with Gasteiger partial charge in [0.15, 0.2) is 0 Å². The van der Waals surface area contributed by atoms with Gasteiger partial charge in [0.25, 0.3) is 5.91 Å². The zero-order valence-corrected chi connectivity index (χ0v) is 7.23. The number of aliphatic hydroxyl groups excluding tert-OH is 1. The van der Waals surface area contributed by atoms with E-state index in [1.54, 1.807) is 0 Å². The Balaban J connectivity index is 2.40. The standard InChI is InChI=1S/C7H10N4O3/c8-6(13)5(12)2-10-7(14)4-1-9-3-11-4/h1,3,5,12H,2H2,(H2,8,13)(H,9,11)(H,10,14). The van der Waals surface area contributed by atoms with Gasteiger partial charge < -0.3 is 21.1 Å². The molecule has 2 amide bonds. The fourth-order valence-corrected chi connectivity index (χ4v) is 0.765. The molecule has 0 saturated heterocycles. The highest BCUT2D eigenvalue weighted by Gasteiger charge is 2.13. The van der Waals surface area contributed by atoms with Crippen molar-refractivity contribution < 1.29 is 14.7 Å². The van der Waals surface area contributed by atoms with Crippen LogP contribution in [0.2, 0.25) is 0 Å². The number of amides is 2. The summed E-state index contributed by atoms with van der Waals surface area (Å²) in [4.78, 5) is 27.8. The Morgan fingerprint density at radius 1 is 1.71 bits per heavy atom. The third kappa shape index (κ3) is 2.56. The van der Waals surface area contributed by atoms with E-state index in [1.807, 2.05) is 0 Å². The molecule has 1 aromatic heterocycles. The fourth-order valence-electron chi connectivity index (χ4n) is 0.765. The van der Waals surface area contributed by atoms with Crippen LogP contribution >= 0.6 is 0 Å². The van der Waals surface area contributed by atoms with Crippen LogP contribution in [0.25, 0.3) is 0 Å². The molecule has 7 heteroatoms. The van der Waals surface area contributed by atoms with E-state index in [9.17, 15) is 9.59 Å². The number of rotatable bonds is 4. The van der Waals surface area contributed by atoms with E-state index in [0.29, 0.717) is 0 Å². The molecule has 0 fully saturated rings. The van der Waals surface area contributed by atoms with Gasteiger partial charge >= 0.3 is 0 Å². The lowest BCUT2D eigenvalue weighted by atomic mass is 10.3. The molecular weight excluding hydrogens is 188 g/mol. The molecule has 0 radical (unpaired) electrons. The van der Waals surface area contributed by atoms with Gasteiger partial charge in [0, 0.05) is 0 Å². The van der Waals surface area contributed by atoms with Crippen LogP contribution in [0.4, 0.5) is 0 Å². The summed E-state index contributed by atoms with van der Waals surface area (Å²) >= 11 is 0. The van der Waals surface area contributed by atoms with Crippen molar-refractivity contribution in [3.8, 4) is 0 Å². The molecule has 0 spiro atoms. The lowest BCUT2D eigenvalue weighted by Gasteiger charge is -2.06. The van der Waals surface area contributed by atoms with Gasteiger partial charge in [-0.25, -0.2) is 4.98 Å². The molecule has 0 aliphatic rings. The van der Waals surface area contributed by atoms with E-state index in [1.165, 1.54) is 12.5 Å². The molecular formula is C7H10N4O3. The van der Waals surface area contributed by atoms with Crippen LogP contribution in [-0.2, 0) is 4.79 Å². The van der Waals surface area contributed by atoms with Gasteiger partial charge in [-0.2, -0.15) is 0 Å². The summed E-state index contributed by atoms with van der Waals surface area (Å²) in [6.45, 7) is -0.215. The van der Waals surface area contributed by atoms with Crippen molar-refractivity contribution in [1.29, 1.82) is 0 Å². The van der Waals surface area contributed by atoms with Crippen molar-refractivity contribution in [2.75, 3.05) is 6.54 Å². The van der Waals surface area contributed by atoms with Gasteiger partial charge in [-0.3, -0.25) is 9.59 Å². The smallest absolute Gasteiger partial charge is 0.269 e. The Bertz CT molecular complexity index is 322. The summed E-state index contributed by atoms with van der Waals surface area (Å²) < 4.78 is 0. The molecule has 1 rings (SSSR count). The third-order valence-corrected chi connectivity index (χ3v) is 1.53. The number of carbonyl (C=O) groups is 2. The number of carbonyl (C=O) groups excluding carboxylic acids is 2. The second kappa shape index (κ2) is 4.38. The van der Waals surface area contributed by atoms with Gasteiger partial charge in [-0.05, 0) is 0 Å². The van der Waals surface area contributed by atoms with Crippen LogP contribution in [0.3, 0.4) is 0 Å². The first-order chi connectivity index (χ1) is 6.61. The molecule has 0 aliphatic carbocycles. The minimum atomic E-state index is -1.37. The number of H-pyrrole nitrogens is 1. The van der Waals surface area contributed by atoms with E-state index in [2.05, 4.69) is 15.3 Å².